The molecule has 3 aromatic heterocycles. The first-order chi connectivity index (χ1) is 8.76. The van der Waals surface area contributed by atoms with Crippen molar-refractivity contribution in [1.82, 2.24) is 20.2 Å². The molecule has 9 heteroatoms. The molecule has 0 aliphatic carbocycles. The van der Waals surface area contributed by atoms with Gasteiger partial charge in [0.05, 0.1) is 0 Å². The van der Waals surface area contributed by atoms with E-state index in [0.29, 0.717) is 5.95 Å². The molecule has 0 saturated heterocycles. The van der Waals surface area contributed by atoms with Gasteiger partial charge in [-0.05, 0) is 24.8 Å². The highest BCUT2D eigenvalue weighted by Gasteiger charge is 2.12. The molecule has 0 saturated carbocycles. The maximum atomic E-state index is 5.38. The maximum Gasteiger partial charge on any atom is 0.239 e. The molecule has 18 heavy (non-hydrogen) atoms. The summed E-state index contributed by atoms with van der Waals surface area (Å²) in [6, 6.07) is 2.07. The molecule has 0 aliphatic heterocycles. The Bertz CT molecular complexity index is 677. The van der Waals surface area contributed by atoms with Crippen LogP contribution in [0.5, 0.6) is 0 Å². The molecule has 6 nitrogen and oxygen atoms in total. The van der Waals surface area contributed by atoms with Crippen LogP contribution in [-0.2, 0) is 0 Å². The number of thiophene rings is 1. The van der Waals surface area contributed by atoms with Gasteiger partial charge in [0, 0.05) is 10.3 Å². The van der Waals surface area contributed by atoms with E-state index < -0.39 is 0 Å². The minimum absolute atomic E-state index is 0.413. The van der Waals surface area contributed by atoms with Crippen LogP contribution in [0.3, 0.4) is 0 Å². The lowest BCUT2D eigenvalue weighted by Gasteiger charge is -2.02. The molecule has 92 valence electrons. The van der Waals surface area contributed by atoms with Crippen LogP contribution in [0.2, 0.25) is 0 Å². The van der Waals surface area contributed by atoms with E-state index in [1.165, 1.54) is 28.0 Å². The Hall–Kier alpha value is -1.29. The molecule has 0 atom stereocenters. The Morgan fingerprint density at radius 3 is 3.00 bits per heavy atom. The lowest BCUT2D eigenvalue weighted by atomic mass is 10.4. The van der Waals surface area contributed by atoms with Crippen LogP contribution in [0.15, 0.2) is 20.9 Å². The zero-order valence-corrected chi connectivity index (χ0v) is 11.7. The van der Waals surface area contributed by atoms with Crippen molar-refractivity contribution < 1.29 is 0 Å². The van der Waals surface area contributed by atoms with Crippen LogP contribution in [0, 0.1) is 6.92 Å². The fourth-order valence-corrected chi connectivity index (χ4v) is 3.88. The number of nitrogens with one attached hydrogen (secondary N) is 1. The summed E-state index contributed by atoms with van der Waals surface area (Å²) in [6.07, 6.45) is 0. The third-order valence-electron chi connectivity index (χ3n) is 2.13. The minimum Gasteiger partial charge on any atom is -0.292 e. The molecule has 0 fully saturated rings. The van der Waals surface area contributed by atoms with E-state index in [2.05, 4.69) is 31.7 Å². The fourth-order valence-electron chi connectivity index (χ4n) is 1.45. The molecule has 3 N–H and O–H groups in total. The van der Waals surface area contributed by atoms with Gasteiger partial charge in [-0.2, -0.15) is 0 Å². The van der Waals surface area contributed by atoms with E-state index in [4.69, 9.17) is 5.84 Å². The molecule has 0 aliphatic rings. The van der Waals surface area contributed by atoms with Crippen molar-refractivity contribution >= 4 is 50.6 Å². The molecule has 0 unspecified atom stereocenters. The number of anilines is 1. The number of rotatable bonds is 3. The number of hydrazine groups is 1. The van der Waals surface area contributed by atoms with Crippen LogP contribution in [0.25, 0.3) is 10.2 Å². The van der Waals surface area contributed by atoms with Crippen LogP contribution < -0.4 is 11.3 Å². The summed E-state index contributed by atoms with van der Waals surface area (Å²) in [6.45, 7) is 2.04. The molecule has 0 radical (unpaired) electrons. The van der Waals surface area contributed by atoms with Crippen molar-refractivity contribution in [3.05, 3.63) is 16.5 Å². The predicted molar refractivity (Wildman–Crippen MR) is 74.0 cm³/mol. The summed E-state index contributed by atoms with van der Waals surface area (Å²) in [7, 11) is 0. The zero-order valence-electron chi connectivity index (χ0n) is 9.25. The highest BCUT2D eigenvalue weighted by Crippen LogP contribution is 2.35. The molecular weight excluding hydrogens is 288 g/mol. The van der Waals surface area contributed by atoms with Gasteiger partial charge in [0.2, 0.25) is 5.95 Å². The highest BCUT2D eigenvalue weighted by atomic mass is 32.2. The van der Waals surface area contributed by atoms with Crippen molar-refractivity contribution in [3.63, 3.8) is 0 Å². The van der Waals surface area contributed by atoms with Gasteiger partial charge in [-0.3, -0.25) is 5.43 Å². The topological polar surface area (TPSA) is 89.6 Å². The average Bonchev–Trinajstić information content (AvgIpc) is 2.97. The number of fused-ring (bicyclic) bond motifs is 1. The molecule has 3 aromatic rings. The lowest BCUT2D eigenvalue weighted by Crippen LogP contribution is -2.10. The van der Waals surface area contributed by atoms with Crippen molar-refractivity contribution in [2.24, 2.45) is 5.84 Å². The quantitative estimate of drug-likeness (QED) is 0.435. The number of aromatic nitrogens is 4. The van der Waals surface area contributed by atoms with Crippen LogP contribution >= 0.6 is 34.4 Å². The molecule has 0 bridgehead atoms. The second kappa shape index (κ2) is 4.76. The lowest BCUT2D eigenvalue weighted by molar-refractivity contribution is 1.00. The van der Waals surface area contributed by atoms with Crippen molar-refractivity contribution in [2.45, 2.75) is 16.3 Å². The van der Waals surface area contributed by atoms with Gasteiger partial charge < -0.3 is 0 Å². The fraction of sp³-hybridized carbons (Fsp3) is 0.111. The Labute approximate surface area is 115 Å². The summed E-state index contributed by atoms with van der Waals surface area (Å²) in [5.41, 5.74) is 4.18. The Balaban J connectivity index is 2.13. The van der Waals surface area contributed by atoms with Gasteiger partial charge in [-0.25, -0.2) is 15.8 Å². The van der Waals surface area contributed by atoms with Crippen molar-refractivity contribution in [3.8, 4) is 0 Å². The molecule has 0 aromatic carbocycles. The first-order valence-electron chi connectivity index (χ1n) is 4.95. The maximum absolute atomic E-state index is 5.38. The number of nitrogens with zero attached hydrogens (tertiary/aromatic N) is 4. The summed E-state index contributed by atoms with van der Waals surface area (Å²) in [4.78, 5) is 10.8. The third-order valence-corrected chi connectivity index (χ3v) is 4.86. The Morgan fingerprint density at radius 1 is 1.39 bits per heavy atom. The summed E-state index contributed by atoms with van der Waals surface area (Å²) in [5, 5.41) is 9.68. The number of nitrogens with two attached hydrogens (primary N) is 1. The monoisotopic (exact) mass is 296 g/mol. The van der Waals surface area contributed by atoms with Gasteiger partial charge in [-0.15, -0.1) is 21.5 Å². The van der Waals surface area contributed by atoms with Crippen LogP contribution in [-0.4, -0.2) is 20.2 Å². The van der Waals surface area contributed by atoms with Crippen LogP contribution in [0.1, 0.15) is 4.88 Å². The van der Waals surface area contributed by atoms with E-state index in [1.54, 1.807) is 16.8 Å². The average molecular weight is 296 g/mol. The van der Waals surface area contributed by atoms with E-state index in [9.17, 15) is 0 Å². The van der Waals surface area contributed by atoms with E-state index in [1.807, 2.05) is 6.92 Å². The van der Waals surface area contributed by atoms with Gasteiger partial charge >= 0.3 is 0 Å². The normalized spacial score (nSPS) is 11.0. The van der Waals surface area contributed by atoms with Crippen molar-refractivity contribution in [2.75, 3.05) is 5.43 Å². The number of hydrogen-bond acceptors (Lipinski definition) is 9. The number of nitrogen functional groups attached to an aromatic ring is 1. The highest BCUT2D eigenvalue weighted by molar-refractivity contribution is 8.01. The van der Waals surface area contributed by atoms with E-state index in [-0.39, 0.29) is 0 Å². The van der Waals surface area contributed by atoms with E-state index >= 15 is 0 Å². The standard InChI is InChI=1S/C9H8N6S3/c1-4-2-5-6(17-4)12-8(14-10)13-7(5)18-9-15-11-3-16-9/h2-3H,10H2,1H3,(H,12,13,14). The summed E-state index contributed by atoms with van der Waals surface area (Å²) < 4.78 is 0.849. The van der Waals surface area contributed by atoms with Gasteiger partial charge in [0.25, 0.3) is 0 Å². The molecule has 3 heterocycles. The van der Waals surface area contributed by atoms with E-state index in [0.717, 1.165) is 19.6 Å². The number of hydrogen-bond donors (Lipinski definition) is 2. The third kappa shape index (κ3) is 2.17. The Morgan fingerprint density at radius 2 is 2.28 bits per heavy atom. The molecular formula is C9H8N6S3. The smallest absolute Gasteiger partial charge is 0.239 e. The summed E-state index contributed by atoms with van der Waals surface area (Å²) >= 11 is 4.57. The number of aryl methyl sites for hydroxylation is 1. The SMILES string of the molecule is Cc1cc2c(Sc3nncs3)nc(NN)nc2s1. The molecule has 0 spiro atoms. The first-order valence-corrected chi connectivity index (χ1v) is 7.46. The van der Waals surface area contributed by atoms with Gasteiger partial charge in [-0.1, -0.05) is 11.3 Å². The molecule has 3 rings (SSSR count). The zero-order chi connectivity index (χ0) is 12.5. The second-order valence-electron chi connectivity index (χ2n) is 3.38. The van der Waals surface area contributed by atoms with Crippen molar-refractivity contribution in [1.29, 1.82) is 0 Å². The first kappa shape index (κ1) is 11.8. The largest absolute Gasteiger partial charge is 0.292 e. The summed E-state index contributed by atoms with van der Waals surface area (Å²) in [5.74, 6) is 5.80. The van der Waals surface area contributed by atoms with Crippen LogP contribution in [0.4, 0.5) is 5.95 Å². The van der Waals surface area contributed by atoms with Gasteiger partial charge in [0.15, 0.2) is 4.34 Å². The Kier molecular flexibility index (Phi) is 3.12. The molecule has 0 amide bonds. The van der Waals surface area contributed by atoms with Gasteiger partial charge in [0.1, 0.15) is 15.4 Å². The second-order valence-corrected chi connectivity index (χ2v) is 6.68. The predicted octanol–water partition coefficient (Wildman–Crippen LogP) is 2.29. The minimum atomic E-state index is 0.413.